The Bertz CT molecular complexity index is 1560. The monoisotopic (exact) mass is 652 g/mol. The van der Waals surface area contributed by atoms with E-state index in [9.17, 15) is 4.79 Å². The maximum atomic E-state index is 13.2. The van der Waals surface area contributed by atoms with E-state index in [0.717, 1.165) is 66.4 Å². The van der Waals surface area contributed by atoms with E-state index in [2.05, 4.69) is 31.8 Å². The van der Waals surface area contributed by atoms with Gasteiger partial charge >= 0.3 is 0 Å². The molecule has 2 aliphatic rings. The molecule has 1 aromatic heterocycles. The number of piperazine rings is 2. The number of halogens is 3. The highest BCUT2D eigenvalue weighted by Crippen LogP contribution is 2.28. The van der Waals surface area contributed by atoms with E-state index in [1.54, 1.807) is 0 Å². The maximum Gasteiger partial charge on any atom is 0.253 e. The summed E-state index contributed by atoms with van der Waals surface area (Å²) >= 11 is 20.4. The van der Waals surface area contributed by atoms with Crippen LogP contribution < -0.4 is 14.7 Å². The summed E-state index contributed by atoms with van der Waals surface area (Å²) in [6.07, 6.45) is 0. The van der Waals surface area contributed by atoms with Gasteiger partial charge in [-0.25, -0.2) is 9.97 Å². The molecule has 3 heterocycles. The van der Waals surface area contributed by atoms with Crippen molar-refractivity contribution < 1.29 is 4.79 Å². The van der Waals surface area contributed by atoms with Crippen molar-refractivity contribution in [3.05, 3.63) is 105 Å². The second kappa shape index (κ2) is 13.6. The molecule has 0 atom stereocenters. The van der Waals surface area contributed by atoms with Crippen molar-refractivity contribution in [3.63, 3.8) is 0 Å². The number of hydrogen-bond acceptors (Lipinski definition) is 7. The summed E-state index contributed by atoms with van der Waals surface area (Å²) in [4.78, 5) is 31.2. The molecule has 1 amide bonds. The molecule has 6 rings (SSSR count). The number of para-hydroxylation sites is 1. The minimum Gasteiger partial charge on any atom is -0.368 e. The summed E-state index contributed by atoms with van der Waals surface area (Å²) in [5, 5.41) is 2.55. The molecule has 11 heteroatoms. The molecule has 0 saturated carbocycles. The minimum absolute atomic E-state index is 0.0528. The average Bonchev–Trinajstić information content (AvgIpc) is 3.04. The van der Waals surface area contributed by atoms with Gasteiger partial charge in [0.1, 0.15) is 11.0 Å². The molecule has 3 aromatic carbocycles. The van der Waals surface area contributed by atoms with Crippen molar-refractivity contribution in [3.8, 4) is 0 Å². The minimum atomic E-state index is 0.0528. The first kappa shape index (κ1) is 29.9. The molecule has 2 fully saturated rings. The molecule has 0 radical (unpaired) electrons. The van der Waals surface area contributed by atoms with Gasteiger partial charge in [0.25, 0.3) is 5.91 Å². The third-order valence-electron chi connectivity index (χ3n) is 7.79. The van der Waals surface area contributed by atoms with E-state index in [1.807, 2.05) is 71.6 Å². The first-order valence-electron chi connectivity index (χ1n) is 14.2. The number of aromatic nitrogens is 2. The van der Waals surface area contributed by atoms with E-state index >= 15 is 0 Å². The van der Waals surface area contributed by atoms with Gasteiger partial charge in [-0.2, -0.15) is 0 Å². The standard InChI is InChI=1S/C32H31Cl3N6OS/c33-25-9-11-26(12-10-25)38-13-17-40(18-14-38)30-21-29(35)36-32(37-30)43-22-23-5-7-24(8-6-23)31(42)41-19-15-39(16-20-41)28-4-2-1-3-27(28)34/h1-12,21H,13-20,22H2. The van der Waals surface area contributed by atoms with Gasteiger partial charge in [0.15, 0.2) is 5.16 Å². The predicted molar refractivity (Wildman–Crippen MR) is 178 cm³/mol. The summed E-state index contributed by atoms with van der Waals surface area (Å²) in [6, 6.07) is 25.4. The molecule has 43 heavy (non-hydrogen) atoms. The molecular weight excluding hydrogens is 623 g/mol. The summed E-state index contributed by atoms with van der Waals surface area (Å²) in [7, 11) is 0. The summed E-state index contributed by atoms with van der Waals surface area (Å²) in [5.74, 6) is 1.57. The van der Waals surface area contributed by atoms with E-state index in [4.69, 9.17) is 39.8 Å². The molecule has 0 spiro atoms. The summed E-state index contributed by atoms with van der Waals surface area (Å²) in [5.41, 5.74) is 3.97. The predicted octanol–water partition coefficient (Wildman–Crippen LogP) is 7.02. The van der Waals surface area contributed by atoms with Crippen LogP contribution in [0.5, 0.6) is 0 Å². The Morgan fingerprint density at radius 1 is 0.721 bits per heavy atom. The summed E-state index contributed by atoms with van der Waals surface area (Å²) in [6.45, 7) is 6.27. The first-order valence-corrected chi connectivity index (χ1v) is 16.4. The fraction of sp³-hybridized carbons (Fsp3) is 0.281. The normalized spacial score (nSPS) is 15.6. The first-order chi connectivity index (χ1) is 20.9. The Morgan fingerprint density at radius 3 is 2.07 bits per heavy atom. The zero-order chi connectivity index (χ0) is 29.8. The largest absolute Gasteiger partial charge is 0.368 e. The molecule has 0 unspecified atom stereocenters. The molecule has 7 nitrogen and oxygen atoms in total. The second-order valence-corrected chi connectivity index (χ2v) is 12.7. The number of carbonyl (C=O) groups excluding carboxylic acids is 1. The molecule has 2 saturated heterocycles. The van der Waals surface area contributed by atoms with Gasteiger partial charge in [0.05, 0.1) is 10.7 Å². The van der Waals surface area contributed by atoms with Crippen LogP contribution in [0.3, 0.4) is 0 Å². The lowest BCUT2D eigenvalue weighted by atomic mass is 10.1. The number of anilines is 3. The zero-order valence-electron chi connectivity index (χ0n) is 23.5. The summed E-state index contributed by atoms with van der Waals surface area (Å²) < 4.78 is 0. The van der Waals surface area contributed by atoms with Crippen molar-refractivity contribution in [1.29, 1.82) is 0 Å². The number of amides is 1. The number of thioether (sulfide) groups is 1. The lowest BCUT2D eigenvalue weighted by molar-refractivity contribution is 0.0747. The van der Waals surface area contributed by atoms with Crippen molar-refractivity contribution >= 4 is 69.7 Å². The number of rotatable bonds is 7. The Labute approximate surface area is 271 Å². The van der Waals surface area contributed by atoms with Crippen LogP contribution in [-0.4, -0.2) is 73.1 Å². The smallest absolute Gasteiger partial charge is 0.253 e. The van der Waals surface area contributed by atoms with Crippen molar-refractivity contribution in [2.45, 2.75) is 10.9 Å². The quantitative estimate of drug-likeness (QED) is 0.121. The molecule has 0 bridgehead atoms. The molecule has 2 aliphatic heterocycles. The molecule has 222 valence electrons. The van der Waals surface area contributed by atoms with Crippen LogP contribution in [-0.2, 0) is 5.75 Å². The Hall–Kier alpha value is -3.17. The Kier molecular flexibility index (Phi) is 9.48. The third-order valence-corrected chi connectivity index (χ3v) is 9.47. The van der Waals surface area contributed by atoms with E-state index in [1.165, 1.54) is 17.4 Å². The van der Waals surface area contributed by atoms with Gasteiger partial charge in [0, 0.05) is 80.5 Å². The van der Waals surface area contributed by atoms with Gasteiger partial charge < -0.3 is 19.6 Å². The molecule has 0 N–H and O–H groups in total. The highest BCUT2D eigenvalue weighted by Gasteiger charge is 2.24. The molecular formula is C32H31Cl3N6OS. The van der Waals surface area contributed by atoms with Gasteiger partial charge in [0.2, 0.25) is 0 Å². The van der Waals surface area contributed by atoms with Gasteiger partial charge in [-0.1, -0.05) is 70.8 Å². The topological polar surface area (TPSA) is 55.8 Å². The van der Waals surface area contributed by atoms with E-state index in [0.29, 0.717) is 34.7 Å². The molecule has 4 aromatic rings. The highest BCUT2D eigenvalue weighted by molar-refractivity contribution is 7.98. The Morgan fingerprint density at radius 2 is 1.37 bits per heavy atom. The van der Waals surface area contributed by atoms with Crippen LogP contribution in [0.15, 0.2) is 84.0 Å². The third kappa shape index (κ3) is 7.32. The fourth-order valence-corrected chi connectivity index (χ4v) is 6.81. The van der Waals surface area contributed by atoms with Gasteiger partial charge in [-0.15, -0.1) is 0 Å². The van der Waals surface area contributed by atoms with Crippen LogP contribution in [0.4, 0.5) is 17.2 Å². The van der Waals surface area contributed by atoms with Crippen LogP contribution in [0.25, 0.3) is 0 Å². The van der Waals surface area contributed by atoms with Crippen LogP contribution in [0, 0.1) is 0 Å². The number of benzene rings is 3. The zero-order valence-corrected chi connectivity index (χ0v) is 26.6. The lowest BCUT2D eigenvalue weighted by Crippen LogP contribution is -2.48. The van der Waals surface area contributed by atoms with Crippen molar-refractivity contribution in [2.75, 3.05) is 67.1 Å². The van der Waals surface area contributed by atoms with Crippen LogP contribution in [0.1, 0.15) is 15.9 Å². The Balaban J connectivity index is 1.01. The number of hydrogen-bond donors (Lipinski definition) is 0. The van der Waals surface area contributed by atoms with E-state index in [-0.39, 0.29) is 5.91 Å². The number of carbonyl (C=O) groups is 1. The van der Waals surface area contributed by atoms with Crippen LogP contribution >= 0.6 is 46.6 Å². The highest BCUT2D eigenvalue weighted by atomic mass is 35.5. The average molecular weight is 654 g/mol. The maximum absolute atomic E-state index is 13.2. The van der Waals surface area contributed by atoms with Crippen molar-refractivity contribution in [1.82, 2.24) is 14.9 Å². The fourth-order valence-electron chi connectivity index (χ4n) is 5.39. The van der Waals surface area contributed by atoms with Gasteiger partial charge in [-0.05, 0) is 54.1 Å². The number of nitrogens with zero attached hydrogens (tertiary/aromatic N) is 6. The lowest BCUT2D eigenvalue weighted by Gasteiger charge is -2.36. The van der Waals surface area contributed by atoms with Gasteiger partial charge in [-0.3, -0.25) is 4.79 Å². The van der Waals surface area contributed by atoms with E-state index < -0.39 is 0 Å². The second-order valence-electron chi connectivity index (χ2n) is 10.5. The van der Waals surface area contributed by atoms with Crippen molar-refractivity contribution in [2.24, 2.45) is 0 Å². The molecule has 0 aliphatic carbocycles. The van der Waals surface area contributed by atoms with Crippen LogP contribution in [0.2, 0.25) is 15.2 Å². The SMILES string of the molecule is O=C(c1ccc(CSc2nc(Cl)cc(N3CCN(c4ccc(Cl)cc4)CC3)n2)cc1)N1CCN(c2ccccc2Cl)CC1.